The second-order valence-corrected chi connectivity index (χ2v) is 9.95. The molecule has 2 unspecified atom stereocenters. The summed E-state index contributed by atoms with van der Waals surface area (Å²) >= 11 is 0. The van der Waals surface area contributed by atoms with Crippen molar-refractivity contribution in [1.82, 2.24) is 24.9 Å². The molecule has 178 valence electrons. The normalized spacial score (nSPS) is 24.7. The summed E-state index contributed by atoms with van der Waals surface area (Å²) in [5.41, 5.74) is 8.50. The van der Waals surface area contributed by atoms with E-state index in [1.165, 1.54) is 36.2 Å². The van der Waals surface area contributed by atoms with Gasteiger partial charge in [0, 0.05) is 51.0 Å². The van der Waals surface area contributed by atoms with Crippen molar-refractivity contribution < 1.29 is 0 Å². The number of allylic oxidation sites excluding steroid dienone is 2. The third-order valence-electron chi connectivity index (χ3n) is 7.63. The number of hydrogen-bond acceptors (Lipinski definition) is 8. The molecule has 6 rings (SSSR count). The standard InChI is InChI=1S/C26H34N8/c1-32-26(34-15-5-8-21-22(34)9-3-13-28-21)24-25(31-32)30-23(17-29-24)33-14-4-7-20(18-33)11-10-19-6-2-12-27-16-19/h2,6,12-13,16-17,20,26H,3-5,7-11,14-15,18H2,1H3,(H,30,31). The third kappa shape index (κ3) is 4.15. The number of aliphatic imine (C=N–C) groups is 1. The van der Waals surface area contributed by atoms with Gasteiger partial charge in [-0.25, -0.2) is 9.97 Å². The summed E-state index contributed by atoms with van der Waals surface area (Å²) in [7, 11) is 2.10. The van der Waals surface area contributed by atoms with Gasteiger partial charge in [-0.05, 0) is 68.9 Å². The minimum atomic E-state index is 0.0729. The van der Waals surface area contributed by atoms with Crippen molar-refractivity contribution in [2.75, 3.05) is 37.0 Å². The van der Waals surface area contributed by atoms with E-state index in [1.807, 2.05) is 24.7 Å². The monoisotopic (exact) mass is 458 g/mol. The van der Waals surface area contributed by atoms with Crippen LogP contribution in [0.1, 0.15) is 62.4 Å². The van der Waals surface area contributed by atoms with Crippen LogP contribution >= 0.6 is 0 Å². The lowest BCUT2D eigenvalue weighted by atomic mass is 9.92. The molecule has 1 fully saturated rings. The van der Waals surface area contributed by atoms with Crippen LogP contribution in [0, 0.1) is 5.92 Å². The highest BCUT2D eigenvalue weighted by atomic mass is 15.6. The maximum atomic E-state index is 5.06. The van der Waals surface area contributed by atoms with Gasteiger partial charge in [-0.3, -0.25) is 15.4 Å². The average Bonchev–Trinajstić information content (AvgIpc) is 3.22. The van der Waals surface area contributed by atoms with E-state index in [9.17, 15) is 0 Å². The summed E-state index contributed by atoms with van der Waals surface area (Å²) in [6, 6.07) is 4.21. The summed E-state index contributed by atoms with van der Waals surface area (Å²) in [6.07, 6.45) is 17.1. The largest absolute Gasteiger partial charge is 0.355 e. The maximum absolute atomic E-state index is 5.06. The third-order valence-corrected chi connectivity index (χ3v) is 7.63. The number of piperidine rings is 1. The smallest absolute Gasteiger partial charge is 0.168 e. The summed E-state index contributed by atoms with van der Waals surface area (Å²) in [5.74, 6) is 2.57. The first-order valence-corrected chi connectivity index (χ1v) is 12.8. The predicted molar refractivity (Wildman–Crippen MR) is 134 cm³/mol. The van der Waals surface area contributed by atoms with E-state index >= 15 is 0 Å². The SMILES string of the molecule is CN1Nc2nc(N3CCCC(CCc4cccnc4)C3)cnc2C1N1CCCC2=C1CCC=N2. The fraction of sp³-hybridized carbons (Fsp3) is 0.538. The second-order valence-electron chi connectivity index (χ2n) is 9.95. The Morgan fingerprint density at radius 1 is 1.15 bits per heavy atom. The van der Waals surface area contributed by atoms with E-state index < -0.39 is 0 Å². The van der Waals surface area contributed by atoms with Gasteiger partial charge < -0.3 is 9.80 Å². The fourth-order valence-corrected chi connectivity index (χ4v) is 5.94. The van der Waals surface area contributed by atoms with Crippen molar-refractivity contribution in [1.29, 1.82) is 0 Å². The molecule has 8 nitrogen and oxygen atoms in total. The van der Waals surface area contributed by atoms with Crippen LogP contribution in [0.2, 0.25) is 0 Å². The number of anilines is 2. The van der Waals surface area contributed by atoms with E-state index in [-0.39, 0.29) is 6.17 Å². The Kier molecular flexibility index (Phi) is 5.91. The number of rotatable bonds is 5. The van der Waals surface area contributed by atoms with Crippen LogP contribution in [0.3, 0.4) is 0 Å². The minimum Gasteiger partial charge on any atom is -0.355 e. The second kappa shape index (κ2) is 9.33. The van der Waals surface area contributed by atoms with E-state index in [0.717, 1.165) is 69.1 Å². The number of hydrazine groups is 1. The molecular formula is C26H34N8. The molecule has 34 heavy (non-hydrogen) atoms. The highest BCUT2D eigenvalue weighted by molar-refractivity contribution is 5.62. The molecule has 4 aliphatic heterocycles. The molecular weight excluding hydrogens is 424 g/mol. The van der Waals surface area contributed by atoms with E-state index in [4.69, 9.17) is 15.0 Å². The van der Waals surface area contributed by atoms with Gasteiger partial charge in [0.2, 0.25) is 0 Å². The molecule has 2 aromatic heterocycles. The van der Waals surface area contributed by atoms with Crippen molar-refractivity contribution in [2.24, 2.45) is 10.9 Å². The van der Waals surface area contributed by atoms with Crippen LogP contribution in [-0.2, 0) is 6.42 Å². The Bertz CT molecular complexity index is 1080. The number of fused-ring (bicyclic) bond motifs is 1. The van der Waals surface area contributed by atoms with E-state index in [1.54, 1.807) is 0 Å². The highest BCUT2D eigenvalue weighted by Crippen LogP contribution is 2.41. The van der Waals surface area contributed by atoms with Gasteiger partial charge in [-0.1, -0.05) is 6.07 Å². The molecule has 0 amide bonds. The van der Waals surface area contributed by atoms with Crippen molar-refractivity contribution in [3.63, 3.8) is 0 Å². The van der Waals surface area contributed by atoms with Gasteiger partial charge >= 0.3 is 0 Å². The van der Waals surface area contributed by atoms with Crippen LogP contribution in [0.5, 0.6) is 0 Å². The van der Waals surface area contributed by atoms with Crippen molar-refractivity contribution in [3.8, 4) is 0 Å². The first kappa shape index (κ1) is 21.5. The number of aromatic nitrogens is 3. The van der Waals surface area contributed by atoms with E-state index in [2.05, 4.69) is 44.5 Å². The number of nitrogens with one attached hydrogen (secondary N) is 1. The summed E-state index contributed by atoms with van der Waals surface area (Å²) < 4.78 is 0. The lowest BCUT2D eigenvalue weighted by Gasteiger charge is -2.40. The Morgan fingerprint density at radius 2 is 2.12 bits per heavy atom. The Balaban J connectivity index is 1.17. The summed E-state index contributed by atoms with van der Waals surface area (Å²) in [6.45, 7) is 3.14. The number of pyridine rings is 1. The highest BCUT2D eigenvalue weighted by Gasteiger charge is 2.38. The number of aryl methyl sites for hydroxylation is 1. The van der Waals surface area contributed by atoms with Gasteiger partial charge in [0.25, 0.3) is 0 Å². The number of nitrogens with zero attached hydrogens (tertiary/aromatic N) is 7. The quantitative estimate of drug-likeness (QED) is 0.721. The maximum Gasteiger partial charge on any atom is 0.168 e. The van der Waals surface area contributed by atoms with Gasteiger partial charge in [0.1, 0.15) is 17.7 Å². The van der Waals surface area contributed by atoms with Crippen LogP contribution in [0.15, 0.2) is 47.1 Å². The Labute approximate surface area is 201 Å². The van der Waals surface area contributed by atoms with E-state index in [0.29, 0.717) is 5.92 Å². The molecule has 1 N–H and O–H groups in total. The van der Waals surface area contributed by atoms with Crippen LogP contribution in [0.25, 0.3) is 0 Å². The molecule has 0 aliphatic carbocycles. The van der Waals surface area contributed by atoms with Crippen molar-refractivity contribution in [2.45, 2.75) is 57.5 Å². The zero-order chi connectivity index (χ0) is 22.9. The van der Waals surface area contributed by atoms with Gasteiger partial charge in [-0.2, -0.15) is 5.01 Å². The molecule has 8 heteroatoms. The fourth-order valence-electron chi connectivity index (χ4n) is 5.94. The lowest BCUT2D eigenvalue weighted by Crippen LogP contribution is -2.40. The molecule has 0 bridgehead atoms. The zero-order valence-electron chi connectivity index (χ0n) is 20.0. The molecule has 0 spiro atoms. The molecule has 1 saturated heterocycles. The molecule has 0 aromatic carbocycles. The first-order valence-electron chi connectivity index (χ1n) is 12.8. The average molecular weight is 459 g/mol. The topological polar surface area (TPSA) is 72.8 Å². The summed E-state index contributed by atoms with van der Waals surface area (Å²) in [4.78, 5) is 23.9. The molecule has 0 radical (unpaired) electrons. The first-order chi connectivity index (χ1) is 16.8. The summed E-state index contributed by atoms with van der Waals surface area (Å²) in [5, 5.41) is 2.16. The molecule has 2 atom stereocenters. The minimum absolute atomic E-state index is 0.0729. The van der Waals surface area contributed by atoms with Gasteiger partial charge in [0.05, 0.1) is 11.9 Å². The predicted octanol–water partition coefficient (Wildman–Crippen LogP) is 4.16. The molecule has 4 aliphatic rings. The van der Waals surface area contributed by atoms with Gasteiger partial charge in [-0.15, -0.1) is 0 Å². The lowest BCUT2D eigenvalue weighted by molar-refractivity contribution is 0.108. The Morgan fingerprint density at radius 3 is 3.03 bits per heavy atom. The van der Waals surface area contributed by atoms with Crippen LogP contribution < -0.4 is 10.3 Å². The molecule has 2 aromatic rings. The van der Waals surface area contributed by atoms with Crippen molar-refractivity contribution >= 4 is 17.9 Å². The molecule has 0 saturated carbocycles. The zero-order valence-corrected chi connectivity index (χ0v) is 20.0. The van der Waals surface area contributed by atoms with Crippen LogP contribution in [-0.4, -0.2) is 57.8 Å². The van der Waals surface area contributed by atoms with Crippen LogP contribution in [0.4, 0.5) is 11.6 Å². The number of hydrogen-bond donors (Lipinski definition) is 1. The van der Waals surface area contributed by atoms with Gasteiger partial charge in [0.15, 0.2) is 5.82 Å². The molecule has 6 heterocycles. The van der Waals surface area contributed by atoms with Crippen molar-refractivity contribution in [3.05, 3.63) is 53.4 Å². The Hall–Kier alpha value is -3.00.